The van der Waals surface area contributed by atoms with Crippen LogP contribution >= 0.6 is 11.6 Å². The van der Waals surface area contributed by atoms with E-state index in [1.165, 1.54) is 10.9 Å². The lowest BCUT2D eigenvalue weighted by Gasteiger charge is -2.04. The number of anilines is 1. The molecule has 1 aromatic heterocycles. The molecule has 0 unspecified atom stereocenters. The Bertz CT molecular complexity index is 580. The Morgan fingerprint density at radius 2 is 2.33 bits per heavy atom. The summed E-state index contributed by atoms with van der Waals surface area (Å²) in [5.74, 6) is -0.407. The molecule has 0 atom stereocenters. The van der Waals surface area contributed by atoms with Crippen LogP contribution < -0.4 is 5.73 Å². The number of nitrogen functional groups attached to an aromatic ring is 1. The SMILES string of the molecule is CCOC(=O)c1cnn(-c2ccc(N)cc2Cl)c1. The molecule has 0 fully saturated rings. The smallest absolute Gasteiger partial charge is 0.341 e. The number of nitrogens with two attached hydrogens (primary N) is 1. The van der Waals surface area contributed by atoms with E-state index in [1.54, 1.807) is 31.3 Å². The summed E-state index contributed by atoms with van der Waals surface area (Å²) in [7, 11) is 0. The number of aromatic nitrogens is 2. The first-order chi connectivity index (χ1) is 8.61. The first kappa shape index (κ1) is 12.4. The number of benzene rings is 1. The van der Waals surface area contributed by atoms with Gasteiger partial charge in [-0.15, -0.1) is 0 Å². The lowest BCUT2D eigenvalue weighted by molar-refractivity contribution is 0.0526. The van der Waals surface area contributed by atoms with E-state index in [9.17, 15) is 4.79 Å². The maximum atomic E-state index is 11.5. The van der Waals surface area contributed by atoms with Crippen LogP contribution in [0.2, 0.25) is 5.02 Å². The number of hydrogen-bond donors (Lipinski definition) is 1. The number of carbonyl (C=O) groups is 1. The van der Waals surface area contributed by atoms with Crippen molar-refractivity contribution in [2.24, 2.45) is 0 Å². The summed E-state index contributed by atoms with van der Waals surface area (Å²) in [6, 6.07) is 5.08. The van der Waals surface area contributed by atoms with E-state index in [0.29, 0.717) is 28.6 Å². The first-order valence-electron chi connectivity index (χ1n) is 5.39. The lowest BCUT2D eigenvalue weighted by Crippen LogP contribution is -2.03. The molecule has 0 aliphatic heterocycles. The first-order valence-corrected chi connectivity index (χ1v) is 5.77. The van der Waals surface area contributed by atoms with Crippen LogP contribution in [0.15, 0.2) is 30.6 Å². The Hall–Kier alpha value is -2.01. The summed E-state index contributed by atoms with van der Waals surface area (Å²) in [5, 5.41) is 4.54. The molecule has 5 nitrogen and oxygen atoms in total. The summed E-state index contributed by atoms with van der Waals surface area (Å²) >= 11 is 6.06. The molecule has 94 valence electrons. The predicted octanol–water partition coefficient (Wildman–Crippen LogP) is 2.28. The quantitative estimate of drug-likeness (QED) is 0.683. The number of rotatable bonds is 3. The van der Waals surface area contributed by atoms with E-state index in [2.05, 4.69) is 5.10 Å². The van der Waals surface area contributed by atoms with Gasteiger partial charge in [-0.05, 0) is 25.1 Å². The second kappa shape index (κ2) is 5.10. The second-order valence-electron chi connectivity index (χ2n) is 3.60. The Morgan fingerprint density at radius 3 is 3.00 bits per heavy atom. The number of halogens is 1. The van der Waals surface area contributed by atoms with Crippen LogP contribution in [0.3, 0.4) is 0 Å². The van der Waals surface area contributed by atoms with Crippen LogP contribution in [0.5, 0.6) is 0 Å². The molecule has 0 saturated carbocycles. The zero-order valence-electron chi connectivity index (χ0n) is 9.76. The van der Waals surface area contributed by atoms with Crippen LogP contribution in [0, 0.1) is 0 Å². The highest BCUT2D eigenvalue weighted by atomic mass is 35.5. The van der Waals surface area contributed by atoms with Crippen LogP contribution in [-0.2, 0) is 4.74 Å². The number of hydrogen-bond acceptors (Lipinski definition) is 4. The molecule has 1 aromatic carbocycles. The summed E-state index contributed by atoms with van der Waals surface area (Å²) < 4.78 is 6.39. The average molecular weight is 266 g/mol. The van der Waals surface area contributed by atoms with Crippen LogP contribution in [0.1, 0.15) is 17.3 Å². The van der Waals surface area contributed by atoms with Crippen molar-refractivity contribution in [2.45, 2.75) is 6.92 Å². The van der Waals surface area contributed by atoms with Crippen molar-refractivity contribution in [1.29, 1.82) is 0 Å². The Morgan fingerprint density at radius 1 is 1.56 bits per heavy atom. The molecular weight excluding hydrogens is 254 g/mol. The molecule has 2 aromatic rings. The minimum Gasteiger partial charge on any atom is -0.462 e. The fraction of sp³-hybridized carbons (Fsp3) is 0.167. The minimum atomic E-state index is -0.407. The molecule has 0 saturated heterocycles. The summed E-state index contributed by atoms with van der Waals surface area (Å²) in [6.45, 7) is 2.08. The molecule has 2 N–H and O–H groups in total. The lowest BCUT2D eigenvalue weighted by atomic mass is 10.3. The van der Waals surface area contributed by atoms with E-state index in [0.717, 1.165) is 0 Å². The highest BCUT2D eigenvalue weighted by Crippen LogP contribution is 2.22. The van der Waals surface area contributed by atoms with Gasteiger partial charge in [0.2, 0.25) is 0 Å². The van der Waals surface area contributed by atoms with Crippen molar-refractivity contribution in [3.63, 3.8) is 0 Å². The summed E-state index contributed by atoms with van der Waals surface area (Å²) in [6.07, 6.45) is 3.00. The van der Waals surface area contributed by atoms with Crippen molar-refractivity contribution < 1.29 is 9.53 Å². The van der Waals surface area contributed by atoms with Gasteiger partial charge in [-0.3, -0.25) is 0 Å². The van der Waals surface area contributed by atoms with E-state index < -0.39 is 5.97 Å². The largest absolute Gasteiger partial charge is 0.462 e. The van der Waals surface area contributed by atoms with Gasteiger partial charge in [-0.25, -0.2) is 9.48 Å². The second-order valence-corrected chi connectivity index (χ2v) is 4.01. The highest BCUT2D eigenvalue weighted by molar-refractivity contribution is 6.32. The normalized spacial score (nSPS) is 10.3. The monoisotopic (exact) mass is 265 g/mol. The zero-order chi connectivity index (χ0) is 13.1. The van der Waals surface area contributed by atoms with Crippen LogP contribution in [0.4, 0.5) is 5.69 Å². The molecule has 0 spiro atoms. The molecule has 0 aliphatic rings. The van der Waals surface area contributed by atoms with Crippen molar-refractivity contribution in [1.82, 2.24) is 9.78 Å². The highest BCUT2D eigenvalue weighted by Gasteiger charge is 2.11. The molecule has 1 heterocycles. The third kappa shape index (κ3) is 2.46. The van der Waals surface area contributed by atoms with Crippen molar-refractivity contribution in [2.75, 3.05) is 12.3 Å². The van der Waals surface area contributed by atoms with Gasteiger partial charge in [0.25, 0.3) is 0 Å². The van der Waals surface area contributed by atoms with Gasteiger partial charge >= 0.3 is 5.97 Å². The maximum absolute atomic E-state index is 11.5. The average Bonchev–Trinajstić information content (AvgIpc) is 2.78. The Labute approximate surface area is 109 Å². The topological polar surface area (TPSA) is 70.1 Å². The third-order valence-electron chi connectivity index (χ3n) is 2.31. The molecule has 2 rings (SSSR count). The van der Waals surface area contributed by atoms with E-state index in [1.807, 2.05) is 0 Å². The molecule has 0 bridgehead atoms. The van der Waals surface area contributed by atoms with Crippen molar-refractivity contribution in [3.8, 4) is 5.69 Å². The fourth-order valence-electron chi connectivity index (χ4n) is 1.48. The van der Waals surface area contributed by atoms with Gasteiger partial charge in [0.15, 0.2) is 0 Å². The van der Waals surface area contributed by atoms with Gasteiger partial charge in [-0.1, -0.05) is 11.6 Å². The van der Waals surface area contributed by atoms with Gasteiger partial charge in [-0.2, -0.15) is 5.10 Å². The van der Waals surface area contributed by atoms with Gasteiger partial charge in [0.05, 0.1) is 29.1 Å². The molecule has 6 heteroatoms. The summed E-state index contributed by atoms with van der Waals surface area (Å²) in [4.78, 5) is 11.5. The standard InChI is InChI=1S/C12H12ClN3O2/c1-2-18-12(17)8-6-15-16(7-8)11-4-3-9(14)5-10(11)13/h3-7H,2,14H2,1H3. The van der Waals surface area contributed by atoms with Gasteiger partial charge < -0.3 is 10.5 Å². The van der Waals surface area contributed by atoms with E-state index in [-0.39, 0.29) is 0 Å². The van der Waals surface area contributed by atoms with Crippen LogP contribution in [-0.4, -0.2) is 22.4 Å². The molecule has 0 amide bonds. The molecular formula is C12H12ClN3O2. The Balaban J connectivity index is 2.32. The molecule has 0 radical (unpaired) electrons. The van der Waals surface area contributed by atoms with Crippen LogP contribution in [0.25, 0.3) is 5.69 Å². The van der Waals surface area contributed by atoms with Crippen molar-refractivity contribution in [3.05, 3.63) is 41.2 Å². The fourth-order valence-corrected chi connectivity index (χ4v) is 1.76. The molecule has 0 aliphatic carbocycles. The van der Waals surface area contributed by atoms with E-state index >= 15 is 0 Å². The van der Waals surface area contributed by atoms with E-state index in [4.69, 9.17) is 22.1 Å². The zero-order valence-corrected chi connectivity index (χ0v) is 10.5. The summed E-state index contributed by atoms with van der Waals surface area (Å²) in [5.41, 5.74) is 7.21. The predicted molar refractivity (Wildman–Crippen MR) is 68.9 cm³/mol. The van der Waals surface area contributed by atoms with Crippen molar-refractivity contribution >= 4 is 23.3 Å². The molecule has 18 heavy (non-hydrogen) atoms. The number of ether oxygens (including phenoxy) is 1. The van der Waals surface area contributed by atoms with Gasteiger partial charge in [0.1, 0.15) is 0 Å². The maximum Gasteiger partial charge on any atom is 0.341 e. The number of esters is 1. The number of nitrogens with zero attached hydrogens (tertiary/aromatic N) is 2. The van der Waals surface area contributed by atoms with Gasteiger partial charge in [0, 0.05) is 11.9 Å². The minimum absolute atomic E-state index is 0.326. The Kier molecular flexibility index (Phi) is 3.53. The third-order valence-corrected chi connectivity index (χ3v) is 2.62. The number of carbonyl (C=O) groups excluding carboxylic acids is 1.